The molecule has 0 spiro atoms. The summed E-state index contributed by atoms with van der Waals surface area (Å²) in [5.41, 5.74) is 0. The first kappa shape index (κ1) is 16.8. The van der Waals surface area contributed by atoms with E-state index in [4.69, 9.17) is 0 Å². The maximum atomic E-state index is 12.3. The number of hydrogen-bond donors (Lipinski definition) is 0. The summed E-state index contributed by atoms with van der Waals surface area (Å²) in [6, 6.07) is 0. The molecule has 8 heteroatoms. The molecule has 0 rings (SSSR count). The van der Waals surface area contributed by atoms with E-state index in [0.29, 0.717) is 5.33 Å². The van der Waals surface area contributed by atoms with Gasteiger partial charge in [0.15, 0.2) is 9.84 Å². The van der Waals surface area contributed by atoms with Gasteiger partial charge in [0.1, 0.15) is 4.75 Å². The molecule has 1 amide bonds. The normalized spacial score (nSPS) is 12.9. The van der Waals surface area contributed by atoms with Crippen LogP contribution in [0, 0.1) is 0 Å². The Morgan fingerprint density at radius 3 is 2.18 bits per heavy atom. The van der Waals surface area contributed by atoms with E-state index in [0.717, 1.165) is 11.2 Å². The number of sulfone groups is 1. The molecule has 0 fully saturated rings. The molecule has 0 aliphatic rings. The summed E-state index contributed by atoms with van der Waals surface area (Å²) in [4.78, 5) is 12.8. The van der Waals surface area contributed by atoms with E-state index in [-0.39, 0.29) is 6.54 Å². The zero-order chi connectivity index (χ0) is 13.9. The molecular formula is C9H16BrF2NO3S. The molecule has 0 unspecified atom stereocenters. The van der Waals surface area contributed by atoms with Gasteiger partial charge in [0, 0.05) is 18.1 Å². The van der Waals surface area contributed by atoms with Crippen molar-refractivity contribution < 1.29 is 22.0 Å². The lowest BCUT2D eigenvalue weighted by molar-refractivity contribution is -0.134. The van der Waals surface area contributed by atoms with E-state index >= 15 is 0 Å². The van der Waals surface area contributed by atoms with Crippen LogP contribution in [0.4, 0.5) is 8.78 Å². The van der Waals surface area contributed by atoms with Crippen LogP contribution in [-0.4, -0.2) is 55.1 Å². The van der Waals surface area contributed by atoms with E-state index in [2.05, 4.69) is 15.9 Å². The van der Waals surface area contributed by atoms with Gasteiger partial charge in [-0.3, -0.25) is 4.79 Å². The van der Waals surface area contributed by atoms with Gasteiger partial charge in [-0.2, -0.15) is 0 Å². The number of nitrogens with zero attached hydrogens (tertiary/aromatic N) is 1. The molecular weight excluding hydrogens is 320 g/mol. The van der Waals surface area contributed by atoms with Crippen LogP contribution >= 0.6 is 15.9 Å². The van der Waals surface area contributed by atoms with Gasteiger partial charge in [-0.05, 0) is 13.8 Å². The average Bonchev–Trinajstić information content (AvgIpc) is 2.13. The molecule has 0 aromatic heterocycles. The summed E-state index contributed by atoms with van der Waals surface area (Å²) in [7, 11) is -3.65. The molecule has 17 heavy (non-hydrogen) atoms. The molecule has 0 aromatic rings. The highest BCUT2D eigenvalue weighted by Gasteiger charge is 2.41. The van der Waals surface area contributed by atoms with Crippen molar-refractivity contribution >= 4 is 31.7 Å². The van der Waals surface area contributed by atoms with Crippen LogP contribution in [-0.2, 0) is 14.6 Å². The zero-order valence-corrected chi connectivity index (χ0v) is 12.3. The molecule has 0 N–H and O–H groups in total. The standard InChI is InChI=1S/C9H16BrF2NO3S/c1-9(2,17(3,15)16)8(14)13(5-4-10)6-7(11)12/h7H,4-6H2,1-3H3. The van der Waals surface area contributed by atoms with Crippen molar-refractivity contribution in [2.45, 2.75) is 25.0 Å². The Morgan fingerprint density at radius 1 is 1.41 bits per heavy atom. The Labute approximate surface area is 108 Å². The molecule has 0 aliphatic heterocycles. The average molecular weight is 336 g/mol. The van der Waals surface area contributed by atoms with Crippen molar-refractivity contribution in [2.24, 2.45) is 0 Å². The highest BCUT2D eigenvalue weighted by atomic mass is 79.9. The highest BCUT2D eigenvalue weighted by molar-refractivity contribution is 9.09. The predicted molar refractivity (Wildman–Crippen MR) is 65.3 cm³/mol. The molecule has 4 nitrogen and oxygen atoms in total. The van der Waals surface area contributed by atoms with E-state index in [9.17, 15) is 22.0 Å². The SMILES string of the molecule is CC(C)(C(=O)N(CCBr)CC(F)F)S(C)(=O)=O. The summed E-state index contributed by atoms with van der Waals surface area (Å²) in [5, 5.41) is 0.311. The van der Waals surface area contributed by atoms with Crippen molar-refractivity contribution in [1.82, 2.24) is 4.90 Å². The molecule has 0 saturated carbocycles. The summed E-state index contributed by atoms with van der Waals surface area (Å²) in [6.45, 7) is 1.72. The van der Waals surface area contributed by atoms with Crippen molar-refractivity contribution in [2.75, 3.05) is 24.7 Å². The highest BCUT2D eigenvalue weighted by Crippen LogP contribution is 2.19. The smallest absolute Gasteiger partial charge is 0.255 e. The second-order valence-electron chi connectivity index (χ2n) is 4.11. The lowest BCUT2D eigenvalue weighted by atomic mass is 10.1. The Bertz CT molecular complexity index is 370. The monoisotopic (exact) mass is 335 g/mol. The number of halogens is 3. The third-order valence-corrected chi connectivity index (χ3v) is 4.83. The van der Waals surface area contributed by atoms with Gasteiger partial charge in [0.2, 0.25) is 5.91 Å². The third-order valence-electron chi connectivity index (χ3n) is 2.44. The number of hydrogen-bond acceptors (Lipinski definition) is 3. The van der Waals surface area contributed by atoms with E-state index in [1.165, 1.54) is 13.8 Å². The topological polar surface area (TPSA) is 54.5 Å². The van der Waals surface area contributed by atoms with Crippen LogP contribution in [0.15, 0.2) is 0 Å². The van der Waals surface area contributed by atoms with Gasteiger partial charge in [-0.1, -0.05) is 15.9 Å². The van der Waals surface area contributed by atoms with E-state index < -0.39 is 33.5 Å². The number of rotatable bonds is 6. The molecule has 0 aromatic carbocycles. The minimum absolute atomic E-state index is 0.0438. The van der Waals surface area contributed by atoms with Crippen molar-refractivity contribution in [1.29, 1.82) is 0 Å². The fourth-order valence-electron chi connectivity index (χ4n) is 1.08. The summed E-state index contributed by atoms with van der Waals surface area (Å²) in [6.07, 6.45) is -1.77. The maximum Gasteiger partial charge on any atom is 0.255 e. The Morgan fingerprint density at radius 2 is 1.88 bits per heavy atom. The molecule has 0 heterocycles. The Balaban J connectivity index is 5.08. The molecule has 102 valence electrons. The van der Waals surface area contributed by atoms with E-state index in [1.54, 1.807) is 0 Å². The largest absolute Gasteiger partial charge is 0.335 e. The second kappa shape index (κ2) is 6.08. The van der Waals surface area contributed by atoms with Crippen molar-refractivity contribution in [3.8, 4) is 0 Å². The minimum Gasteiger partial charge on any atom is -0.335 e. The number of carbonyl (C=O) groups is 1. The van der Waals surface area contributed by atoms with Crippen LogP contribution in [0.2, 0.25) is 0 Å². The van der Waals surface area contributed by atoms with Crippen LogP contribution in [0.1, 0.15) is 13.8 Å². The van der Waals surface area contributed by atoms with Gasteiger partial charge in [-0.15, -0.1) is 0 Å². The summed E-state index contributed by atoms with van der Waals surface area (Å²) >= 11 is 3.04. The Kier molecular flexibility index (Phi) is 6.00. The van der Waals surface area contributed by atoms with Crippen LogP contribution in [0.3, 0.4) is 0 Å². The second-order valence-corrected chi connectivity index (χ2v) is 7.47. The van der Waals surface area contributed by atoms with Gasteiger partial charge in [0.05, 0.1) is 6.54 Å². The van der Waals surface area contributed by atoms with Crippen LogP contribution in [0.5, 0.6) is 0 Å². The number of amides is 1. The van der Waals surface area contributed by atoms with Gasteiger partial charge in [-0.25, -0.2) is 17.2 Å². The van der Waals surface area contributed by atoms with Gasteiger partial charge < -0.3 is 4.90 Å². The first-order chi connectivity index (χ1) is 7.54. The predicted octanol–water partition coefficient (Wildman–Crippen LogP) is 1.30. The van der Waals surface area contributed by atoms with Gasteiger partial charge >= 0.3 is 0 Å². The molecule has 0 aliphatic carbocycles. The number of alkyl halides is 3. The first-order valence-corrected chi connectivity index (χ1v) is 7.88. The molecule has 0 saturated heterocycles. The van der Waals surface area contributed by atoms with Crippen LogP contribution < -0.4 is 0 Å². The first-order valence-electron chi connectivity index (χ1n) is 4.87. The van der Waals surface area contributed by atoms with Crippen LogP contribution in [0.25, 0.3) is 0 Å². The number of carbonyl (C=O) groups excluding carboxylic acids is 1. The van der Waals surface area contributed by atoms with Gasteiger partial charge in [0.25, 0.3) is 6.43 Å². The molecule has 0 radical (unpaired) electrons. The lowest BCUT2D eigenvalue weighted by Gasteiger charge is -2.30. The fraction of sp³-hybridized carbons (Fsp3) is 0.889. The third kappa shape index (κ3) is 4.50. The fourth-order valence-corrected chi connectivity index (χ4v) is 1.96. The summed E-state index contributed by atoms with van der Waals surface area (Å²) in [5.74, 6) is -0.806. The zero-order valence-electron chi connectivity index (χ0n) is 9.91. The maximum absolute atomic E-state index is 12.3. The summed E-state index contributed by atoms with van der Waals surface area (Å²) < 4.78 is 45.8. The minimum atomic E-state index is -3.65. The lowest BCUT2D eigenvalue weighted by Crippen LogP contribution is -2.51. The van der Waals surface area contributed by atoms with Crippen molar-refractivity contribution in [3.63, 3.8) is 0 Å². The Hall–Kier alpha value is -0.240. The van der Waals surface area contributed by atoms with Crippen molar-refractivity contribution in [3.05, 3.63) is 0 Å². The van der Waals surface area contributed by atoms with E-state index in [1.807, 2.05) is 0 Å². The molecule has 0 bridgehead atoms. The quantitative estimate of drug-likeness (QED) is 0.687. The molecule has 0 atom stereocenters.